The molecule has 0 bridgehead atoms. The summed E-state index contributed by atoms with van der Waals surface area (Å²) in [6.45, 7) is 9.78. The zero-order valence-corrected chi connectivity index (χ0v) is 15.4. The Hall–Kier alpha value is -2.69. The third-order valence-corrected chi connectivity index (χ3v) is 4.08. The number of nitrogens with zero attached hydrogens (tertiary/aromatic N) is 1. The van der Waals surface area contributed by atoms with Crippen molar-refractivity contribution >= 4 is 17.5 Å². The fourth-order valence-electron chi connectivity index (χ4n) is 2.90. The summed E-state index contributed by atoms with van der Waals surface area (Å²) in [7, 11) is 0. The van der Waals surface area contributed by atoms with Gasteiger partial charge in [-0.15, -0.1) is 0 Å². The lowest BCUT2D eigenvalue weighted by Gasteiger charge is -2.22. The zero-order valence-electron chi connectivity index (χ0n) is 15.4. The smallest absolute Gasteiger partial charge is 0.313 e. The number of benzene rings is 1. The summed E-state index contributed by atoms with van der Waals surface area (Å²) in [6.07, 6.45) is 1.68. The van der Waals surface area contributed by atoms with E-state index in [2.05, 4.69) is 15.6 Å². The minimum absolute atomic E-state index is 0.106. The molecule has 0 aliphatic rings. The van der Waals surface area contributed by atoms with E-state index in [9.17, 15) is 9.59 Å². The first-order valence-corrected chi connectivity index (χ1v) is 8.40. The summed E-state index contributed by atoms with van der Waals surface area (Å²) in [5.41, 5.74) is 4.41. The number of anilines is 1. The molecule has 2 N–H and O–H groups in total. The van der Waals surface area contributed by atoms with Crippen LogP contribution < -0.4 is 10.6 Å². The molecule has 0 aliphatic heterocycles. The van der Waals surface area contributed by atoms with E-state index in [-0.39, 0.29) is 12.0 Å². The monoisotopic (exact) mass is 339 g/mol. The molecule has 132 valence electrons. The Labute approximate surface area is 148 Å². The van der Waals surface area contributed by atoms with E-state index in [1.54, 1.807) is 6.20 Å². The highest BCUT2D eigenvalue weighted by Crippen LogP contribution is 2.22. The maximum atomic E-state index is 12.4. The highest BCUT2D eigenvalue weighted by molar-refractivity contribution is 6.39. The minimum Gasteiger partial charge on any atom is -0.339 e. The van der Waals surface area contributed by atoms with Crippen LogP contribution in [0.2, 0.25) is 0 Å². The van der Waals surface area contributed by atoms with Crippen LogP contribution in [0, 0.1) is 26.7 Å². The van der Waals surface area contributed by atoms with Gasteiger partial charge in [0.2, 0.25) is 0 Å². The van der Waals surface area contributed by atoms with E-state index in [4.69, 9.17) is 0 Å². The summed E-state index contributed by atoms with van der Waals surface area (Å²) < 4.78 is 0. The van der Waals surface area contributed by atoms with Gasteiger partial charge in [-0.25, -0.2) is 0 Å². The third-order valence-electron chi connectivity index (χ3n) is 4.08. The van der Waals surface area contributed by atoms with Crippen molar-refractivity contribution in [1.29, 1.82) is 0 Å². The van der Waals surface area contributed by atoms with Gasteiger partial charge in [-0.2, -0.15) is 0 Å². The van der Waals surface area contributed by atoms with E-state index in [1.165, 1.54) is 0 Å². The normalized spacial score (nSPS) is 11.9. The van der Waals surface area contributed by atoms with Gasteiger partial charge in [0.15, 0.2) is 0 Å². The van der Waals surface area contributed by atoms with Crippen LogP contribution in [0.25, 0.3) is 0 Å². The molecule has 0 fully saturated rings. The Morgan fingerprint density at radius 2 is 1.64 bits per heavy atom. The largest absolute Gasteiger partial charge is 0.339 e. The van der Waals surface area contributed by atoms with Gasteiger partial charge in [0.1, 0.15) is 0 Å². The van der Waals surface area contributed by atoms with Crippen molar-refractivity contribution in [2.45, 2.75) is 40.7 Å². The zero-order chi connectivity index (χ0) is 18.6. The van der Waals surface area contributed by atoms with Gasteiger partial charge in [-0.1, -0.05) is 37.6 Å². The van der Waals surface area contributed by atoms with Crippen LogP contribution in [0.5, 0.6) is 0 Å². The molecule has 0 saturated carbocycles. The second-order valence-electron chi connectivity index (χ2n) is 6.68. The fourth-order valence-corrected chi connectivity index (χ4v) is 2.90. The lowest BCUT2D eigenvalue weighted by molar-refractivity contribution is -0.136. The van der Waals surface area contributed by atoms with Crippen molar-refractivity contribution in [2.75, 3.05) is 5.32 Å². The molecule has 1 aromatic heterocycles. The predicted octanol–water partition coefficient (Wildman–Crippen LogP) is 3.46. The Kier molecular flexibility index (Phi) is 5.91. The maximum Gasteiger partial charge on any atom is 0.313 e. The van der Waals surface area contributed by atoms with Gasteiger partial charge < -0.3 is 10.6 Å². The topological polar surface area (TPSA) is 71.1 Å². The first-order chi connectivity index (χ1) is 11.8. The number of carbonyl (C=O) groups excluding carboxylic acids is 2. The molecular weight excluding hydrogens is 314 g/mol. The van der Waals surface area contributed by atoms with Crippen LogP contribution >= 0.6 is 0 Å². The fraction of sp³-hybridized carbons (Fsp3) is 0.350. The number of carbonyl (C=O) groups is 2. The second-order valence-corrected chi connectivity index (χ2v) is 6.68. The molecule has 0 spiro atoms. The quantitative estimate of drug-likeness (QED) is 0.838. The van der Waals surface area contributed by atoms with Crippen molar-refractivity contribution in [3.05, 3.63) is 58.9 Å². The molecule has 1 aromatic carbocycles. The molecule has 0 radical (unpaired) electrons. The summed E-state index contributed by atoms with van der Waals surface area (Å²) in [6, 6.07) is 9.16. The number of pyridine rings is 1. The molecule has 2 rings (SSSR count). The first-order valence-electron chi connectivity index (χ1n) is 8.40. The van der Waals surface area contributed by atoms with Crippen LogP contribution in [0.1, 0.15) is 42.3 Å². The molecule has 5 heteroatoms. The number of aryl methyl sites for hydroxylation is 3. The number of hydrogen-bond donors (Lipinski definition) is 2. The van der Waals surface area contributed by atoms with E-state index in [1.807, 2.05) is 65.0 Å². The third kappa shape index (κ3) is 4.66. The van der Waals surface area contributed by atoms with E-state index >= 15 is 0 Å². The SMILES string of the molecule is Cc1cc(C)c(NC(=O)C(=O)NC(c2ccccn2)C(C)C)c(C)c1. The van der Waals surface area contributed by atoms with Crippen molar-refractivity contribution in [1.82, 2.24) is 10.3 Å². The van der Waals surface area contributed by atoms with Crippen LogP contribution in [-0.4, -0.2) is 16.8 Å². The molecule has 2 aromatic rings. The van der Waals surface area contributed by atoms with Crippen LogP contribution in [0.3, 0.4) is 0 Å². The van der Waals surface area contributed by atoms with Crippen molar-refractivity contribution < 1.29 is 9.59 Å². The number of rotatable bonds is 4. The number of nitrogens with one attached hydrogen (secondary N) is 2. The van der Waals surface area contributed by atoms with Crippen molar-refractivity contribution in [3.8, 4) is 0 Å². The first kappa shape index (κ1) is 18.6. The van der Waals surface area contributed by atoms with Gasteiger partial charge in [-0.3, -0.25) is 14.6 Å². The lowest BCUT2D eigenvalue weighted by Crippen LogP contribution is -2.40. The summed E-state index contributed by atoms with van der Waals surface area (Å²) in [5.74, 6) is -1.23. The highest BCUT2D eigenvalue weighted by Gasteiger charge is 2.24. The molecule has 1 unspecified atom stereocenters. The van der Waals surface area contributed by atoms with Gasteiger partial charge >= 0.3 is 11.8 Å². The average Bonchev–Trinajstić information content (AvgIpc) is 2.55. The van der Waals surface area contributed by atoms with Crippen molar-refractivity contribution in [2.24, 2.45) is 5.92 Å². The molecule has 0 aliphatic carbocycles. The number of aromatic nitrogens is 1. The molecule has 1 atom stereocenters. The summed E-state index contributed by atoms with van der Waals surface area (Å²) in [5, 5.41) is 5.52. The Balaban J connectivity index is 2.13. The Morgan fingerprint density at radius 1 is 1.00 bits per heavy atom. The van der Waals surface area contributed by atoms with E-state index in [0.29, 0.717) is 5.69 Å². The standard InChI is InChI=1S/C20H25N3O2/c1-12(2)17(16-8-6-7-9-21-16)22-19(24)20(25)23-18-14(4)10-13(3)11-15(18)5/h6-12,17H,1-5H3,(H,22,24)(H,23,25). The molecule has 0 saturated heterocycles. The van der Waals surface area contributed by atoms with Gasteiger partial charge in [0.05, 0.1) is 11.7 Å². The number of amides is 2. The lowest BCUT2D eigenvalue weighted by atomic mass is 10.00. The summed E-state index contributed by atoms with van der Waals surface area (Å²) >= 11 is 0. The number of hydrogen-bond acceptors (Lipinski definition) is 3. The highest BCUT2D eigenvalue weighted by atomic mass is 16.2. The van der Waals surface area contributed by atoms with Gasteiger partial charge in [0, 0.05) is 11.9 Å². The van der Waals surface area contributed by atoms with Gasteiger partial charge in [0.25, 0.3) is 0 Å². The molecule has 2 amide bonds. The van der Waals surface area contributed by atoms with E-state index in [0.717, 1.165) is 22.4 Å². The Morgan fingerprint density at radius 3 is 2.16 bits per heavy atom. The van der Waals surface area contributed by atoms with Crippen LogP contribution in [0.4, 0.5) is 5.69 Å². The predicted molar refractivity (Wildman–Crippen MR) is 99.2 cm³/mol. The average molecular weight is 339 g/mol. The Bertz CT molecular complexity index is 747. The molecule has 25 heavy (non-hydrogen) atoms. The van der Waals surface area contributed by atoms with Crippen LogP contribution in [0.15, 0.2) is 36.5 Å². The maximum absolute atomic E-state index is 12.4. The molecule has 1 heterocycles. The van der Waals surface area contributed by atoms with Crippen LogP contribution in [-0.2, 0) is 9.59 Å². The van der Waals surface area contributed by atoms with Crippen molar-refractivity contribution in [3.63, 3.8) is 0 Å². The van der Waals surface area contributed by atoms with Gasteiger partial charge in [-0.05, 0) is 49.9 Å². The summed E-state index contributed by atoms with van der Waals surface area (Å²) in [4.78, 5) is 29.0. The second kappa shape index (κ2) is 7.92. The molecule has 5 nitrogen and oxygen atoms in total. The minimum atomic E-state index is -0.670. The molecular formula is C20H25N3O2. The van der Waals surface area contributed by atoms with E-state index < -0.39 is 11.8 Å².